The molecular weight excluding hydrogens is 334 g/mol. The maximum Gasteiger partial charge on any atom is 0.252 e. The first-order valence-corrected chi connectivity index (χ1v) is 9.39. The minimum Gasteiger partial charge on any atom is -0.273 e. The van der Waals surface area contributed by atoms with Crippen molar-refractivity contribution in [3.63, 3.8) is 0 Å². The lowest BCUT2D eigenvalue weighted by Crippen LogP contribution is -2.38. The van der Waals surface area contributed by atoms with Crippen LogP contribution in [0.1, 0.15) is 18.6 Å². The van der Waals surface area contributed by atoms with E-state index in [0.717, 1.165) is 15.6 Å². The molecule has 0 saturated carbocycles. The van der Waals surface area contributed by atoms with Crippen LogP contribution in [0.15, 0.2) is 51.1 Å². The standard InChI is InChI=1S/C15H19N3O3S2/c1-12(2)16-13-7-4-5-9-18(13)14(19)11-17(3)23(20,21)15-8-6-10-22-15/h4-10,12H,11H2,1-3H3. The van der Waals surface area contributed by atoms with Crippen LogP contribution in [0.25, 0.3) is 0 Å². The first-order chi connectivity index (χ1) is 10.8. The van der Waals surface area contributed by atoms with Gasteiger partial charge in [0.1, 0.15) is 9.70 Å². The molecule has 2 aromatic rings. The van der Waals surface area contributed by atoms with Gasteiger partial charge in [-0.05, 0) is 37.4 Å². The molecule has 0 aliphatic carbocycles. The molecule has 0 saturated heterocycles. The van der Waals surface area contributed by atoms with E-state index in [0.29, 0.717) is 5.49 Å². The van der Waals surface area contributed by atoms with E-state index >= 15 is 0 Å². The highest BCUT2D eigenvalue weighted by atomic mass is 32.2. The van der Waals surface area contributed by atoms with Crippen molar-refractivity contribution in [2.24, 2.45) is 4.99 Å². The van der Waals surface area contributed by atoms with Gasteiger partial charge < -0.3 is 0 Å². The second-order valence-electron chi connectivity index (χ2n) is 5.24. The number of thiophene rings is 1. The van der Waals surface area contributed by atoms with Gasteiger partial charge in [-0.25, -0.2) is 8.42 Å². The molecule has 0 atom stereocenters. The van der Waals surface area contributed by atoms with Gasteiger partial charge in [0.05, 0.1) is 6.54 Å². The van der Waals surface area contributed by atoms with Crippen molar-refractivity contribution < 1.29 is 13.2 Å². The number of aromatic nitrogens is 1. The quantitative estimate of drug-likeness (QED) is 0.823. The lowest BCUT2D eigenvalue weighted by Gasteiger charge is -2.16. The average Bonchev–Trinajstić information content (AvgIpc) is 3.01. The highest BCUT2D eigenvalue weighted by Crippen LogP contribution is 2.19. The Kier molecular flexibility index (Phi) is 5.51. The lowest BCUT2D eigenvalue weighted by molar-refractivity contribution is 0.0887. The van der Waals surface area contributed by atoms with Crippen molar-refractivity contribution in [3.8, 4) is 0 Å². The zero-order valence-corrected chi connectivity index (χ0v) is 14.8. The molecule has 2 aromatic heterocycles. The van der Waals surface area contributed by atoms with Crippen molar-refractivity contribution in [1.29, 1.82) is 0 Å². The van der Waals surface area contributed by atoms with E-state index in [1.807, 2.05) is 13.8 Å². The molecule has 0 aliphatic rings. The number of carbonyl (C=O) groups is 1. The summed E-state index contributed by atoms with van der Waals surface area (Å²) in [6, 6.07) is 8.45. The van der Waals surface area contributed by atoms with Gasteiger partial charge in [-0.15, -0.1) is 11.3 Å². The normalized spacial score (nSPS) is 13.0. The van der Waals surface area contributed by atoms with Crippen LogP contribution in [0, 0.1) is 0 Å². The van der Waals surface area contributed by atoms with Gasteiger partial charge >= 0.3 is 0 Å². The molecular formula is C15H19N3O3S2. The topological polar surface area (TPSA) is 71.7 Å². The van der Waals surface area contributed by atoms with Crippen LogP contribution in [0.4, 0.5) is 0 Å². The molecule has 8 heteroatoms. The number of pyridine rings is 1. The zero-order chi connectivity index (χ0) is 17.0. The van der Waals surface area contributed by atoms with E-state index in [4.69, 9.17) is 0 Å². The van der Waals surface area contributed by atoms with Crippen LogP contribution >= 0.6 is 11.3 Å². The van der Waals surface area contributed by atoms with Gasteiger partial charge in [-0.1, -0.05) is 12.1 Å². The van der Waals surface area contributed by atoms with Gasteiger partial charge in [0.15, 0.2) is 0 Å². The van der Waals surface area contributed by atoms with Gasteiger partial charge in [0, 0.05) is 19.3 Å². The Bertz CT molecular complexity index is 837. The fraction of sp³-hybridized carbons (Fsp3) is 0.333. The Labute approximate surface area is 139 Å². The Hall–Kier alpha value is -1.77. The fourth-order valence-corrected chi connectivity index (χ4v) is 4.25. The van der Waals surface area contributed by atoms with Gasteiger partial charge in [0.25, 0.3) is 10.0 Å². The van der Waals surface area contributed by atoms with Gasteiger partial charge in [0.2, 0.25) is 5.91 Å². The number of likely N-dealkylation sites (N-methyl/N-ethyl adjacent to an activating group) is 1. The molecule has 23 heavy (non-hydrogen) atoms. The molecule has 0 aromatic carbocycles. The second kappa shape index (κ2) is 7.20. The Morgan fingerprint density at radius 2 is 2.04 bits per heavy atom. The summed E-state index contributed by atoms with van der Waals surface area (Å²) in [6.07, 6.45) is 1.59. The minimum absolute atomic E-state index is 0.0315. The maximum atomic E-state index is 12.5. The van der Waals surface area contributed by atoms with E-state index in [-0.39, 0.29) is 22.7 Å². The fourth-order valence-electron chi connectivity index (χ4n) is 1.93. The SMILES string of the molecule is CC(C)N=c1ccccn1C(=O)CN(C)S(=O)(=O)c1cccs1. The molecule has 0 fully saturated rings. The van der Waals surface area contributed by atoms with Crippen LogP contribution in [-0.4, -0.2) is 42.8 Å². The number of nitrogens with zero attached hydrogens (tertiary/aromatic N) is 3. The molecule has 0 spiro atoms. The summed E-state index contributed by atoms with van der Waals surface area (Å²) in [7, 11) is -2.25. The number of hydrogen-bond donors (Lipinski definition) is 0. The number of rotatable bonds is 5. The summed E-state index contributed by atoms with van der Waals surface area (Å²) in [6.45, 7) is 3.57. The van der Waals surface area contributed by atoms with Gasteiger partial charge in [-0.2, -0.15) is 4.31 Å². The van der Waals surface area contributed by atoms with Crippen LogP contribution in [0.3, 0.4) is 0 Å². The first-order valence-electron chi connectivity index (χ1n) is 7.07. The van der Waals surface area contributed by atoms with Crippen molar-refractivity contribution in [2.45, 2.75) is 24.1 Å². The smallest absolute Gasteiger partial charge is 0.252 e. The maximum absolute atomic E-state index is 12.5. The van der Waals surface area contributed by atoms with E-state index < -0.39 is 10.0 Å². The molecule has 6 nitrogen and oxygen atoms in total. The Morgan fingerprint density at radius 1 is 1.30 bits per heavy atom. The summed E-state index contributed by atoms with van der Waals surface area (Å²) >= 11 is 1.13. The molecule has 124 valence electrons. The first kappa shape index (κ1) is 17.6. The molecule has 0 unspecified atom stereocenters. The van der Waals surface area contributed by atoms with Crippen molar-refractivity contribution in [3.05, 3.63) is 47.4 Å². The summed E-state index contributed by atoms with van der Waals surface area (Å²) in [5.74, 6) is -0.354. The number of hydrogen-bond acceptors (Lipinski definition) is 5. The largest absolute Gasteiger partial charge is 0.273 e. The summed E-state index contributed by atoms with van der Waals surface area (Å²) in [5, 5.41) is 1.69. The summed E-state index contributed by atoms with van der Waals surface area (Å²) < 4.78 is 27.4. The van der Waals surface area contributed by atoms with E-state index in [2.05, 4.69) is 4.99 Å². The molecule has 2 rings (SSSR count). The highest BCUT2D eigenvalue weighted by molar-refractivity contribution is 7.91. The highest BCUT2D eigenvalue weighted by Gasteiger charge is 2.24. The Morgan fingerprint density at radius 3 is 2.65 bits per heavy atom. The summed E-state index contributed by atoms with van der Waals surface area (Å²) in [5.41, 5.74) is 0.509. The molecule has 0 N–H and O–H groups in total. The predicted octanol–water partition coefficient (Wildman–Crippen LogP) is 1.82. The van der Waals surface area contributed by atoms with E-state index in [1.165, 1.54) is 17.7 Å². The molecule has 0 amide bonds. The Balaban J connectivity index is 2.27. The van der Waals surface area contributed by atoms with E-state index in [9.17, 15) is 13.2 Å². The van der Waals surface area contributed by atoms with Crippen LogP contribution in [0.5, 0.6) is 0 Å². The van der Waals surface area contributed by atoms with Crippen LogP contribution in [-0.2, 0) is 10.0 Å². The molecule has 0 bridgehead atoms. The predicted molar refractivity (Wildman–Crippen MR) is 89.9 cm³/mol. The monoisotopic (exact) mass is 353 g/mol. The third-order valence-corrected chi connectivity index (χ3v) is 6.19. The zero-order valence-electron chi connectivity index (χ0n) is 13.2. The van der Waals surface area contributed by atoms with Crippen LogP contribution < -0.4 is 5.49 Å². The third kappa shape index (κ3) is 4.15. The number of sulfonamides is 1. The van der Waals surface area contributed by atoms with Gasteiger partial charge in [-0.3, -0.25) is 14.4 Å². The molecule has 0 aliphatic heterocycles. The molecule has 0 radical (unpaired) electrons. The van der Waals surface area contributed by atoms with Crippen molar-refractivity contribution in [2.75, 3.05) is 13.6 Å². The number of carbonyl (C=O) groups excluding carboxylic acids is 1. The van der Waals surface area contributed by atoms with Crippen molar-refractivity contribution in [1.82, 2.24) is 8.87 Å². The molecule has 2 heterocycles. The third-order valence-electron chi connectivity index (χ3n) is 3.02. The minimum atomic E-state index is -3.65. The second-order valence-corrected chi connectivity index (χ2v) is 8.46. The van der Waals surface area contributed by atoms with Crippen LogP contribution in [0.2, 0.25) is 0 Å². The van der Waals surface area contributed by atoms with Crippen molar-refractivity contribution >= 4 is 27.3 Å². The summed E-state index contributed by atoms with van der Waals surface area (Å²) in [4.78, 5) is 16.8. The lowest BCUT2D eigenvalue weighted by atomic mass is 10.4. The average molecular weight is 353 g/mol. The van der Waals surface area contributed by atoms with E-state index in [1.54, 1.807) is 35.8 Å².